The van der Waals surface area contributed by atoms with Crippen molar-refractivity contribution in [3.63, 3.8) is 0 Å². The Morgan fingerprint density at radius 2 is 1.74 bits per heavy atom. The number of hydrogen-bond donors (Lipinski definition) is 1. The van der Waals surface area contributed by atoms with Crippen molar-refractivity contribution < 1.29 is 14.3 Å². The highest BCUT2D eigenvalue weighted by atomic mass is 16.5. The van der Waals surface area contributed by atoms with E-state index in [1.165, 1.54) is 11.1 Å². The number of Topliss-reactive ketones (excluding diaryl/α,β-unsaturated/α-hetero) is 1. The summed E-state index contributed by atoms with van der Waals surface area (Å²) in [7, 11) is 0. The number of aromatic nitrogens is 1. The molecule has 2 aromatic carbocycles. The van der Waals surface area contributed by atoms with Gasteiger partial charge in [-0.3, -0.25) is 9.59 Å². The van der Waals surface area contributed by atoms with Crippen LogP contribution in [0.5, 0.6) is 0 Å². The molecule has 0 bridgehead atoms. The molecule has 0 saturated carbocycles. The van der Waals surface area contributed by atoms with Gasteiger partial charge in [0.15, 0.2) is 0 Å². The minimum atomic E-state index is -0.448. The van der Waals surface area contributed by atoms with E-state index in [0.717, 1.165) is 23.7 Å². The van der Waals surface area contributed by atoms with Gasteiger partial charge in [0.25, 0.3) is 11.7 Å². The van der Waals surface area contributed by atoms with E-state index in [2.05, 4.69) is 17.1 Å². The van der Waals surface area contributed by atoms with Crippen LogP contribution >= 0.6 is 0 Å². The number of ether oxygens (including phenoxy) is 1. The van der Waals surface area contributed by atoms with E-state index in [9.17, 15) is 9.59 Å². The van der Waals surface area contributed by atoms with Gasteiger partial charge in [-0.1, -0.05) is 42.5 Å². The first-order valence-electron chi connectivity index (χ1n) is 9.30. The monoisotopic (exact) mass is 360 g/mol. The Morgan fingerprint density at radius 3 is 2.59 bits per heavy atom. The number of piperidine rings is 1. The molecule has 0 aliphatic carbocycles. The number of likely N-dealkylation sites (tertiary alicyclic amines) is 1. The molecular weight excluding hydrogens is 340 g/mol. The SMILES string of the molecule is O=C(C(=O)N1CCC2(CC1)OCc1ccccc12)c1c[nH]c2ccccc12. The van der Waals surface area contributed by atoms with E-state index >= 15 is 0 Å². The standard InChI is InChI=1S/C22H20N2O3/c25-20(17-13-23-19-8-4-2-6-16(17)19)21(26)24-11-9-22(10-12-24)18-7-3-1-5-15(18)14-27-22/h1-8,13,23H,9-12,14H2. The van der Waals surface area contributed by atoms with Crippen LogP contribution in [0.3, 0.4) is 0 Å². The second-order valence-electron chi connectivity index (χ2n) is 7.31. The van der Waals surface area contributed by atoms with Gasteiger partial charge in [-0.2, -0.15) is 0 Å². The molecule has 5 rings (SSSR count). The molecule has 136 valence electrons. The number of nitrogens with one attached hydrogen (secondary N) is 1. The average molecular weight is 360 g/mol. The second kappa shape index (κ2) is 6.06. The fourth-order valence-electron chi connectivity index (χ4n) is 4.39. The van der Waals surface area contributed by atoms with Crippen LogP contribution < -0.4 is 0 Å². The lowest BCUT2D eigenvalue weighted by atomic mass is 9.83. The van der Waals surface area contributed by atoms with Crippen LogP contribution in [0, 0.1) is 0 Å². The van der Waals surface area contributed by atoms with Gasteiger partial charge in [0.1, 0.15) is 0 Å². The smallest absolute Gasteiger partial charge is 0.295 e. The fraction of sp³-hybridized carbons (Fsp3) is 0.273. The fourth-order valence-corrected chi connectivity index (χ4v) is 4.39. The summed E-state index contributed by atoms with van der Waals surface area (Å²) in [6.07, 6.45) is 3.07. The molecule has 3 aromatic rings. The first-order valence-corrected chi connectivity index (χ1v) is 9.30. The summed E-state index contributed by atoms with van der Waals surface area (Å²) < 4.78 is 6.14. The van der Waals surface area contributed by atoms with Crippen molar-refractivity contribution in [2.45, 2.75) is 25.0 Å². The van der Waals surface area contributed by atoms with Crippen molar-refractivity contribution in [1.82, 2.24) is 9.88 Å². The third kappa shape index (κ3) is 2.50. The summed E-state index contributed by atoms with van der Waals surface area (Å²) in [6.45, 7) is 1.68. The molecule has 1 aromatic heterocycles. The number of ketones is 1. The van der Waals surface area contributed by atoms with Gasteiger partial charge >= 0.3 is 0 Å². The molecule has 1 amide bonds. The lowest BCUT2D eigenvalue weighted by Gasteiger charge is -2.39. The van der Waals surface area contributed by atoms with Crippen LogP contribution in [0.15, 0.2) is 54.7 Å². The number of nitrogens with zero attached hydrogens (tertiary/aromatic N) is 1. The molecule has 2 aliphatic rings. The molecular formula is C22H20N2O3. The quantitative estimate of drug-likeness (QED) is 0.563. The average Bonchev–Trinajstić information content (AvgIpc) is 3.30. The first kappa shape index (κ1) is 16.3. The van der Waals surface area contributed by atoms with Gasteiger partial charge in [0, 0.05) is 30.2 Å². The number of aromatic amines is 1. The van der Waals surface area contributed by atoms with Crippen molar-refractivity contribution in [3.8, 4) is 0 Å². The van der Waals surface area contributed by atoms with E-state index in [-0.39, 0.29) is 5.60 Å². The van der Waals surface area contributed by atoms with Gasteiger partial charge in [-0.25, -0.2) is 0 Å². The molecule has 1 fully saturated rings. The van der Waals surface area contributed by atoms with Crippen molar-refractivity contribution in [1.29, 1.82) is 0 Å². The molecule has 27 heavy (non-hydrogen) atoms. The Bertz CT molecular complexity index is 1040. The van der Waals surface area contributed by atoms with E-state index in [4.69, 9.17) is 4.74 Å². The Kier molecular flexibility index (Phi) is 3.65. The lowest BCUT2D eigenvalue weighted by molar-refractivity contribution is -0.133. The summed E-state index contributed by atoms with van der Waals surface area (Å²) in [5.41, 5.74) is 3.46. The van der Waals surface area contributed by atoms with Crippen LogP contribution in [-0.4, -0.2) is 34.7 Å². The molecule has 2 aliphatic heterocycles. The Morgan fingerprint density at radius 1 is 1.00 bits per heavy atom. The number of carbonyl (C=O) groups is 2. The van der Waals surface area contributed by atoms with Gasteiger partial charge in [0.05, 0.1) is 17.8 Å². The zero-order valence-electron chi connectivity index (χ0n) is 14.9. The maximum absolute atomic E-state index is 12.8. The zero-order chi connectivity index (χ0) is 18.4. The molecule has 3 heterocycles. The minimum Gasteiger partial charge on any atom is -0.365 e. The van der Waals surface area contributed by atoms with E-state index < -0.39 is 11.7 Å². The highest BCUT2D eigenvalue weighted by Crippen LogP contribution is 2.44. The number of H-pyrrole nitrogens is 1. The van der Waals surface area contributed by atoms with Crippen LogP contribution in [0.2, 0.25) is 0 Å². The maximum atomic E-state index is 12.8. The Labute approximate surface area is 156 Å². The summed E-state index contributed by atoms with van der Waals surface area (Å²) in [6, 6.07) is 15.8. The summed E-state index contributed by atoms with van der Waals surface area (Å²) in [5, 5.41) is 0.789. The lowest BCUT2D eigenvalue weighted by Crippen LogP contribution is -2.47. The maximum Gasteiger partial charge on any atom is 0.295 e. The number of hydrogen-bond acceptors (Lipinski definition) is 3. The van der Waals surface area contributed by atoms with Gasteiger partial charge in [0.2, 0.25) is 0 Å². The third-order valence-corrected chi connectivity index (χ3v) is 5.90. The molecule has 1 N–H and O–H groups in total. The second-order valence-corrected chi connectivity index (χ2v) is 7.31. The predicted octanol–water partition coefficient (Wildman–Crippen LogP) is 3.40. The number of rotatable bonds is 2. The van der Waals surface area contributed by atoms with E-state index in [1.54, 1.807) is 11.1 Å². The molecule has 0 unspecified atom stereocenters. The first-order chi connectivity index (χ1) is 13.2. The van der Waals surface area contributed by atoms with Crippen molar-refractivity contribution in [3.05, 3.63) is 71.4 Å². The van der Waals surface area contributed by atoms with Gasteiger partial charge in [-0.15, -0.1) is 0 Å². The minimum absolute atomic E-state index is 0.308. The van der Waals surface area contributed by atoms with E-state index in [1.807, 2.05) is 36.4 Å². The number of carbonyl (C=O) groups excluding carboxylic acids is 2. The van der Waals surface area contributed by atoms with Gasteiger partial charge < -0.3 is 14.6 Å². The van der Waals surface area contributed by atoms with E-state index in [0.29, 0.717) is 25.3 Å². The summed E-state index contributed by atoms with van der Waals surface area (Å²) >= 11 is 0. The predicted molar refractivity (Wildman–Crippen MR) is 101 cm³/mol. The normalized spacial score (nSPS) is 18.0. The Balaban J connectivity index is 1.34. The molecule has 1 saturated heterocycles. The largest absolute Gasteiger partial charge is 0.365 e. The number of benzene rings is 2. The van der Waals surface area contributed by atoms with Crippen LogP contribution in [0.1, 0.15) is 34.3 Å². The third-order valence-electron chi connectivity index (χ3n) is 5.90. The molecule has 5 heteroatoms. The van der Waals surface area contributed by atoms with Crippen LogP contribution in [0.4, 0.5) is 0 Å². The Hall–Kier alpha value is -2.92. The van der Waals surface area contributed by atoms with Crippen molar-refractivity contribution >= 4 is 22.6 Å². The zero-order valence-corrected chi connectivity index (χ0v) is 14.9. The molecule has 0 atom stereocenters. The topological polar surface area (TPSA) is 62.4 Å². The number of amides is 1. The van der Waals surface area contributed by atoms with Crippen molar-refractivity contribution in [2.75, 3.05) is 13.1 Å². The number of fused-ring (bicyclic) bond motifs is 3. The highest BCUT2D eigenvalue weighted by Gasteiger charge is 2.43. The summed E-state index contributed by atoms with van der Waals surface area (Å²) in [5.74, 6) is -0.878. The van der Waals surface area contributed by atoms with Crippen LogP contribution in [-0.2, 0) is 21.7 Å². The number of para-hydroxylation sites is 1. The van der Waals surface area contributed by atoms with Crippen LogP contribution in [0.25, 0.3) is 10.9 Å². The molecule has 5 nitrogen and oxygen atoms in total. The van der Waals surface area contributed by atoms with Gasteiger partial charge in [-0.05, 0) is 30.0 Å². The highest BCUT2D eigenvalue weighted by molar-refractivity contribution is 6.44. The molecule has 1 spiro atoms. The summed E-state index contributed by atoms with van der Waals surface area (Å²) in [4.78, 5) is 30.3. The molecule has 0 radical (unpaired) electrons. The van der Waals surface area contributed by atoms with Crippen molar-refractivity contribution in [2.24, 2.45) is 0 Å².